The zero-order chi connectivity index (χ0) is 18.9. The Labute approximate surface area is 151 Å². The number of rotatable bonds is 2. The molecule has 4 rings (SSSR count). The molecule has 0 saturated carbocycles. The van der Waals surface area contributed by atoms with Crippen molar-refractivity contribution in [2.75, 3.05) is 5.73 Å². The van der Waals surface area contributed by atoms with Gasteiger partial charge in [0.1, 0.15) is 51.9 Å². The molecular formula is C15H15B2N5O4. The van der Waals surface area contributed by atoms with Crippen LogP contribution in [0.1, 0.15) is 19.5 Å². The van der Waals surface area contributed by atoms with E-state index < -0.39 is 35.1 Å². The minimum atomic E-state index is -2.24. The van der Waals surface area contributed by atoms with Crippen molar-refractivity contribution in [3.63, 3.8) is 0 Å². The molecule has 4 radical (unpaired) electrons. The van der Waals surface area contributed by atoms with Gasteiger partial charge in [0.25, 0.3) is 0 Å². The van der Waals surface area contributed by atoms with E-state index in [1.807, 2.05) is 0 Å². The molecule has 26 heavy (non-hydrogen) atoms. The number of hydrogen-bond acceptors (Lipinski definition) is 8. The van der Waals surface area contributed by atoms with E-state index in [0.717, 1.165) is 0 Å². The standard InChI is InChI=1S/C15H15B2N5O4/c1-13(2)24-9-10(25-13)14(5-18,26-11(9)15(16,17)23)8-4-3-7-12(19)20-6-21-22(7)8/h3-4,6,9-11,23H,1-2H3,(H2,19,20,21)/t9-,10+,11?,14-/m0/s1. The summed E-state index contributed by atoms with van der Waals surface area (Å²) in [6.07, 6.45) is -1.72. The van der Waals surface area contributed by atoms with Gasteiger partial charge in [-0.05, 0) is 26.0 Å². The third-order valence-electron chi connectivity index (χ3n) is 4.63. The van der Waals surface area contributed by atoms with E-state index in [0.29, 0.717) is 11.2 Å². The minimum absolute atomic E-state index is 0.239. The number of hydrogen-bond donors (Lipinski definition) is 2. The average molecular weight is 351 g/mol. The zero-order valence-electron chi connectivity index (χ0n) is 14.2. The monoisotopic (exact) mass is 351 g/mol. The molecule has 2 aromatic heterocycles. The second kappa shape index (κ2) is 5.20. The number of ether oxygens (including phenoxy) is 3. The summed E-state index contributed by atoms with van der Waals surface area (Å²) >= 11 is 0. The van der Waals surface area contributed by atoms with Gasteiger partial charge >= 0.3 is 0 Å². The smallest absolute Gasteiger partial charge is 0.226 e. The van der Waals surface area contributed by atoms with E-state index in [1.54, 1.807) is 26.0 Å². The van der Waals surface area contributed by atoms with Crippen molar-refractivity contribution in [1.82, 2.24) is 14.6 Å². The molecule has 4 heterocycles. The number of nitrogens with zero attached hydrogens (tertiary/aromatic N) is 4. The van der Waals surface area contributed by atoms with Crippen LogP contribution in [0.4, 0.5) is 5.82 Å². The number of nitrogen functional groups attached to an aromatic ring is 1. The number of fused-ring (bicyclic) bond motifs is 2. The van der Waals surface area contributed by atoms with Crippen molar-refractivity contribution < 1.29 is 19.3 Å². The van der Waals surface area contributed by atoms with E-state index in [9.17, 15) is 10.4 Å². The normalized spacial score (nSPS) is 33.2. The quantitative estimate of drug-likeness (QED) is 0.655. The first kappa shape index (κ1) is 17.3. The molecule has 11 heteroatoms. The molecule has 2 aromatic rings. The molecule has 2 aliphatic rings. The highest BCUT2D eigenvalue weighted by Crippen LogP contribution is 2.50. The fourth-order valence-corrected chi connectivity index (χ4v) is 3.60. The van der Waals surface area contributed by atoms with Gasteiger partial charge in [-0.3, -0.25) is 0 Å². The Morgan fingerprint density at radius 1 is 1.35 bits per heavy atom. The Bertz CT molecular complexity index is 921. The van der Waals surface area contributed by atoms with Crippen LogP contribution >= 0.6 is 0 Å². The summed E-state index contributed by atoms with van der Waals surface area (Å²) in [6.45, 7) is 3.38. The van der Waals surface area contributed by atoms with Crippen LogP contribution in [0.2, 0.25) is 0 Å². The molecule has 9 nitrogen and oxygen atoms in total. The average Bonchev–Trinajstić information content (AvgIpc) is 3.17. The van der Waals surface area contributed by atoms with E-state index in [4.69, 9.17) is 35.6 Å². The van der Waals surface area contributed by atoms with Crippen molar-refractivity contribution in [2.45, 2.75) is 48.9 Å². The van der Waals surface area contributed by atoms with Crippen LogP contribution in [-0.2, 0) is 19.8 Å². The summed E-state index contributed by atoms with van der Waals surface area (Å²) in [5.74, 6) is -0.783. The van der Waals surface area contributed by atoms with Gasteiger partial charge in [0.05, 0.1) is 5.69 Å². The van der Waals surface area contributed by atoms with Gasteiger partial charge in [-0.1, -0.05) is 0 Å². The van der Waals surface area contributed by atoms with Crippen LogP contribution < -0.4 is 5.73 Å². The Hall–Kier alpha value is -2.12. The van der Waals surface area contributed by atoms with Gasteiger partial charge in [-0.2, -0.15) is 10.4 Å². The highest BCUT2D eigenvalue weighted by molar-refractivity contribution is 6.39. The van der Waals surface area contributed by atoms with E-state index in [2.05, 4.69) is 16.2 Å². The molecule has 2 fully saturated rings. The first-order chi connectivity index (χ1) is 12.1. The largest absolute Gasteiger partial charge is 0.406 e. The SMILES string of the molecule is [B]C([B])(O)C1O[C@@](C#N)(c2ccc3c(N)ncnn23)[C@@H]2OC(C)(C)O[C@H]12. The van der Waals surface area contributed by atoms with Crippen molar-refractivity contribution in [3.8, 4) is 6.07 Å². The van der Waals surface area contributed by atoms with Crippen molar-refractivity contribution >= 4 is 27.0 Å². The van der Waals surface area contributed by atoms with E-state index in [-0.39, 0.29) is 5.82 Å². The van der Waals surface area contributed by atoms with Gasteiger partial charge in [-0.15, -0.1) is 0 Å². The lowest BCUT2D eigenvalue weighted by atomic mass is 9.61. The molecule has 3 N–H and O–H groups in total. The molecule has 1 unspecified atom stereocenters. The number of aliphatic hydroxyl groups is 1. The fraction of sp³-hybridized carbons (Fsp3) is 0.533. The molecule has 2 saturated heterocycles. The second-order valence-corrected chi connectivity index (χ2v) is 6.95. The van der Waals surface area contributed by atoms with E-state index in [1.165, 1.54) is 10.8 Å². The highest BCUT2D eigenvalue weighted by atomic mass is 16.8. The predicted octanol–water partition coefficient (Wildman–Crippen LogP) is -1.07. The summed E-state index contributed by atoms with van der Waals surface area (Å²) in [5.41, 5.74) is 5.03. The zero-order valence-corrected chi connectivity index (χ0v) is 14.2. The van der Waals surface area contributed by atoms with Crippen LogP contribution in [0.3, 0.4) is 0 Å². The minimum Gasteiger partial charge on any atom is -0.406 e. The maximum atomic E-state index is 10.2. The summed E-state index contributed by atoms with van der Waals surface area (Å²) in [4.78, 5) is 3.93. The van der Waals surface area contributed by atoms with Gasteiger partial charge in [0.2, 0.25) is 5.60 Å². The summed E-state index contributed by atoms with van der Waals surface area (Å²) < 4.78 is 19.1. The first-order valence-electron chi connectivity index (χ1n) is 7.92. The molecule has 0 bridgehead atoms. The van der Waals surface area contributed by atoms with Gasteiger partial charge in [0.15, 0.2) is 11.6 Å². The molecule has 0 spiro atoms. The Kier molecular flexibility index (Phi) is 3.46. The second-order valence-electron chi connectivity index (χ2n) is 6.95. The molecule has 0 aliphatic carbocycles. The lowest BCUT2D eigenvalue weighted by Gasteiger charge is -2.33. The molecule has 0 aromatic carbocycles. The fourth-order valence-electron chi connectivity index (χ4n) is 3.60. The van der Waals surface area contributed by atoms with Crippen LogP contribution in [0.15, 0.2) is 18.5 Å². The van der Waals surface area contributed by atoms with Crippen molar-refractivity contribution in [3.05, 3.63) is 24.2 Å². The predicted molar refractivity (Wildman–Crippen MR) is 89.8 cm³/mol. The van der Waals surface area contributed by atoms with Gasteiger partial charge in [0, 0.05) is 5.40 Å². The van der Waals surface area contributed by atoms with Crippen molar-refractivity contribution in [2.24, 2.45) is 0 Å². The number of nitriles is 1. The highest BCUT2D eigenvalue weighted by Gasteiger charge is 2.67. The Morgan fingerprint density at radius 3 is 2.73 bits per heavy atom. The van der Waals surface area contributed by atoms with Gasteiger partial charge < -0.3 is 25.1 Å². The third-order valence-corrected chi connectivity index (χ3v) is 4.63. The Morgan fingerprint density at radius 2 is 2.08 bits per heavy atom. The number of nitrogens with two attached hydrogens (primary N) is 1. The molecule has 2 aliphatic heterocycles. The van der Waals surface area contributed by atoms with Crippen LogP contribution in [0.25, 0.3) is 5.52 Å². The number of aromatic nitrogens is 3. The van der Waals surface area contributed by atoms with Crippen molar-refractivity contribution in [1.29, 1.82) is 5.26 Å². The van der Waals surface area contributed by atoms with Crippen LogP contribution in [-0.4, -0.2) is 64.9 Å². The van der Waals surface area contributed by atoms with E-state index >= 15 is 0 Å². The maximum Gasteiger partial charge on any atom is 0.226 e. The lowest BCUT2D eigenvalue weighted by molar-refractivity contribution is -0.210. The molecule has 0 amide bonds. The van der Waals surface area contributed by atoms with Crippen LogP contribution in [0.5, 0.6) is 0 Å². The molecule has 130 valence electrons. The summed E-state index contributed by atoms with van der Waals surface area (Å²) in [6, 6.07) is 5.42. The van der Waals surface area contributed by atoms with Gasteiger partial charge in [-0.25, -0.2) is 9.50 Å². The maximum absolute atomic E-state index is 10.2. The number of anilines is 1. The first-order valence-corrected chi connectivity index (χ1v) is 7.92. The van der Waals surface area contributed by atoms with Crippen LogP contribution in [0, 0.1) is 11.3 Å². The third kappa shape index (κ3) is 2.27. The molecular weight excluding hydrogens is 336 g/mol. The summed E-state index contributed by atoms with van der Waals surface area (Å²) in [5, 5.41) is 22.1. The Balaban J connectivity index is 1.92. The lowest BCUT2D eigenvalue weighted by Crippen LogP contribution is -2.50. The summed E-state index contributed by atoms with van der Waals surface area (Å²) in [7, 11) is 11.3. The molecule has 4 atom stereocenters. The topological polar surface area (TPSA) is 128 Å².